The SMILES string of the molecule is Cc1ccc(C)n1-c1c(C(=O)N2CCC(C(=O)O)(C(F)(F)F)C2)cnn1C. The zero-order chi connectivity index (χ0) is 20.1. The van der Waals surface area contributed by atoms with E-state index in [9.17, 15) is 27.9 Å². The van der Waals surface area contributed by atoms with Gasteiger partial charge >= 0.3 is 12.1 Å². The predicted molar refractivity (Wildman–Crippen MR) is 88.7 cm³/mol. The fraction of sp³-hybridized carbons (Fsp3) is 0.471. The first-order valence-corrected chi connectivity index (χ1v) is 8.26. The summed E-state index contributed by atoms with van der Waals surface area (Å²) in [6.45, 7) is 2.47. The minimum absolute atomic E-state index is 0.128. The van der Waals surface area contributed by atoms with Crippen LogP contribution in [0.25, 0.3) is 5.82 Å². The highest BCUT2D eigenvalue weighted by molar-refractivity contribution is 5.98. The number of rotatable bonds is 3. The first kappa shape index (κ1) is 19.0. The maximum Gasteiger partial charge on any atom is 0.406 e. The van der Waals surface area contributed by atoms with E-state index in [1.165, 1.54) is 10.9 Å². The average molecular weight is 384 g/mol. The van der Waals surface area contributed by atoms with Gasteiger partial charge in [-0.15, -0.1) is 0 Å². The maximum absolute atomic E-state index is 13.4. The van der Waals surface area contributed by atoms with Crippen LogP contribution in [-0.4, -0.2) is 55.5 Å². The van der Waals surface area contributed by atoms with Crippen molar-refractivity contribution < 1.29 is 27.9 Å². The molecule has 1 unspecified atom stereocenters. The van der Waals surface area contributed by atoms with Crippen LogP contribution in [0.5, 0.6) is 0 Å². The fourth-order valence-electron chi connectivity index (χ4n) is 3.53. The van der Waals surface area contributed by atoms with Crippen molar-refractivity contribution in [1.29, 1.82) is 0 Å². The van der Waals surface area contributed by atoms with Gasteiger partial charge in [-0.25, -0.2) is 0 Å². The number of hydrogen-bond acceptors (Lipinski definition) is 3. The summed E-state index contributed by atoms with van der Waals surface area (Å²) in [5.74, 6) is -2.20. The lowest BCUT2D eigenvalue weighted by Crippen LogP contribution is -2.47. The Morgan fingerprint density at radius 2 is 1.81 bits per heavy atom. The highest BCUT2D eigenvalue weighted by Gasteiger charge is 2.64. The number of alkyl halides is 3. The summed E-state index contributed by atoms with van der Waals surface area (Å²) in [6.07, 6.45) is -4.32. The van der Waals surface area contributed by atoms with E-state index >= 15 is 0 Å². The van der Waals surface area contributed by atoms with E-state index in [4.69, 9.17) is 0 Å². The second-order valence-corrected chi connectivity index (χ2v) is 6.82. The van der Waals surface area contributed by atoms with Crippen molar-refractivity contribution >= 4 is 11.9 Å². The maximum atomic E-state index is 13.4. The number of amides is 1. The minimum atomic E-state index is -4.95. The molecule has 2 aromatic heterocycles. The molecule has 0 saturated carbocycles. The molecule has 27 heavy (non-hydrogen) atoms. The van der Waals surface area contributed by atoms with Crippen LogP contribution >= 0.6 is 0 Å². The highest BCUT2D eigenvalue weighted by atomic mass is 19.4. The highest BCUT2D eigenvalue weighted by Crippen LogP contribution is 2.46. The zero-order valence-corrected chi connectivity index (χ0v) is 15.0. The average Bonchev–Trinajstić information content (AvgIpc) is 3.25. The first-order valence-electron chi connectivity index (χ1n) is 8.26. The van der Waals surface area contributed by atoms with Crippen LogP contribution in [0, 0.1) is 19.3 Å². The van der Waals surface area contributed by atoms with Gasteiger partial charge in [0.1, 0.15) is 11.4 Å². The van der Waals surface area contributed by atoms with Crippen LogP contribution < -0.4 is 0 Å². The fourth-order valence-corrected chi connectivity index (χ4v) is 3.53. The number of carboxylic acid groups (broad SMARTS) is 1. The molecule has 0 aromatic carbocycles. The molecule has 146 valence electrons. The Morgan fingerprint density at radius 3 is 2.30 bits per heavy atom. The van der Waals surface area contributed by atoms with Crippen molar-refractivity contribution in [2.75, 3.05) is 13.1 Å². The van der Waals surface area contributed by atoms with Crippen molar-refractivity contribution in [3.05, 3.63) is 35.3 Å². The molecule has 1 aliphatic heterocycles. The van der Waals surface area contributed by atoms with Gasteiger partial charge < -0.3 is 14.6 Å². The van der Waals surface area contributed by atoms with Crippen LogP contribution in [0.3, 0.4) is 0 Å². The molecule has 0 aliphatic carbocycles. The molecule has 1 saturated heterocycles. The van der Waals surface area contributed by atoms with Crippen molar-refractivity contribution in [3.63, 3.8) is 0 Å². The Hall–Kier alpha value is -2.78. The number of aromatic nitrogens is 3. The standard InChI is InChI=1S/C17H19F3N4O3/c1-10-4-5-11(2)24(10)13-12(8-21-22(13)3)14(25)23-7-6-16(9-23,15(26)27)17(18,19)20/h4-5,8H,6-7,9H2,1-3H3,(H,26,27). The Bertz CT molecular complexity index is 896. The zero-order valence-electron chi connectivity index (χ0n) is 15.0. The number of hydrogen-bond donors (Lipinski definition) is 1. The summed E-state index contributed by atoms with van der Waals surface area (Å²) in [4.78, 5) is 25.2. The normalized spacial score (nSPS) is 20.3. The lowest BCUT2D eigenvalue weighted by Gasteiger charge is -2.27. The minimum Gasteiger partial charge on any atom is -0.481 e. The first-order chi connectivity index (χ1) is 12.5. The van der Waals surface area contributed by atoms with Gasteiger partial charge in [-0.05, 0) is 32.4 Å². The van der Waals surface area contributed by atoms with Gasteiger partial charge in [-0.3, -0.25) is 14.3 Å². The van der Waals surface area contributed by atoms with Gasteiger partial charge in [0.25, 0.3) is 5.91 Å². The molecule has 1 amide bonds. The van der Waals surface area contributed by atoms with Crippen molar-refractivity contribution in [2.24, 2.45) is 12.5 Å². The predicted octanol–water partition coefficient (Wildman–Crippen LogP) is 2.31. The summed E-state index contributed by atoms with van der Waals surface area (Å²) >= 11 is 0. The molecule has 0 spiro atoms. The molecule has 3 heterocycles. The molecular weight excluding hydrogens is 365 g/mol. The van der Waals surface area contributed by atoms with Crippen molar-refractivity contribution in [2.45, 2.75) is 26.4 Å². The molecule has 2 aromatic rings. The Morgan fingerprint density at radius 1 is 1.22 bits per heavy atom. The van der Waals surface area contributed by atoms with E-state index in [0.29, 0.717) is 5.82 Å². The van der Waals surface area contributed by atoms with Gasteiger partial charge in [-0.2, -0.15) is 18.3 Å². The summed E-state index contributed by atoms with van der Waals surface area (Å²) in [7, 11) is 1.63. The number of carbonyl (C=O) groups excluding carboxylic acids is 1. The van der Waals surface area contributed by atoms with E-state index in [-0.39, 0.29) is 12.1 Å². The summed E-state index contributed by atoms with van der Waals surface area (Å²) in [5.41, 5.74) is -1.14. The van der Waals surface area contributed by atoms with Crippen molar-refractivity contribution in [3.8, 4) is 5.82 Å². The molecule has 10 heteroatoms. The lowest BCUT2D eigenvalue weighted by molar-refractivity contribution is -0.227. The third-order valence-electron chi connectivity index (χ3n) is 5.13. The van der Waals surface area contributed by atoms with Crippen LogP contribution in [-0.2, 0) is 11.8 Å². The molecule has 0 bridgehead atoms. The molecule has 1 fully saturated rings. The van der Waals surface area contributed by atoms with Crippen LogP contribution in [0.4, 0.5) is 13.2 Å². The molecule has 7 nitrogen and oxygen atoms in total. The number of nitrogens with zero attached hydrogens (tertiary/aromatic N) is 4. The number of likely N-dealkylation sites (tertiary alicyclic amines) is 1. The molecule has 3 rings (SSSR count). The monoisotopic (exact) mass is 384 g/mol. The molecule has 1 atom stereocenters. The third kappa shape index (κ3) is 2.79. The van der Waals surface area contributed by atoms with E-state index in [1.54, 1.807) is 11.6 Å². The summed E-state index contributed by atoms with van der Waals surface area (Å²) < 4.78 is 43.4. The largest absolute Gasteiger partial charge is 0.481 e. The van der Waals surface area contributed by atoms with Crippen LogP contribution in [0.1, 0.15) is 28.2 Å². The van der Waals surface area contributed by atoms with E-state index in [2.05, 4.69) is 5.10 Å². The second kappa shape index (κ2) is 6.14. The smallest absolute Gasteiger partial charge is 0.406 e. The Balaban J connectivity index is 1.99. The van der Waals surface area contributed by atoms with Crippen LogP contribution in [0.2, 0.25) is 0 Å². The summed E-state index contributed by atoms with van der Waals surface area (Å²) in [6, 6.07) is 3.71. The third-order valence-corrected chi connectivity index (χ3v) is 5.13. The van der Waals surface area contributed by atoms with E-state index in [1.807, 2.05) is 26.0 Å². The van der Waals surface area contributed by atoms with Crippen LogP contribution in [0.15, 0.2) is 18.3 Å². The molecular formula is C17H19F3N4O3. The number of aliphatic carboxylic acids is 1. The number of carbonyl (C=O) groups is 2. The number of aryl methyl sites for hydroxylation is 3. The van der Waals surface area contributed by atoms with E-state index in [0.717, 1.165) is 16.3 Å². The van der Waals surface area contributed by atoms with Gasteiger partial charge in [0, 0.05) is 31.5 Å². The van der Waals surface area contributed by atoms with E-state index < -0.39 is 36.4 Å². The Kier molecular flexibility index (Phi) is 4.32. The van der Waals surface area contributed by atoms with Gasteiger partial charge in [0.15, 0.2) is 5.41 Å². The molecule has 0 radical (unpaired) electrons. The topological polar surface area (TPSA) is 80.4 Å². The second-order valence-electron chi connectivity index (χ2n) is 6.82. The van der Waals surface area contributed by atoms with Gasteiger partial charge in [0.2, 0.25) is 0 Å². The molecule has 1 N–H and O–H groups in total. The lowest BCUT2D eigenvalue weighted by atomic mass is 9.86. The van der Waals surface area contributed by atoms with Crippen molar-refractivity contribution in [1.82, 2.24) is 19.2 Å². The summed E-state index contributed by atoms with van der Waals surface area (Å²) in [5, 5.41) is 13.2. The van der Waals surface area contributed by atoms with Gasteiger partial charge in [0.05, 0.1) is 6.20 Å². The number of halogens is 3. The van der Waals surface area contributed by atoms with Gasteiger partial charge in [-0.1, -0.05) is 0 Å². The number of carboxylic acids is 1. The quantitative estimate of drug-likeness (QED) is 0.881. The Labute approximate surface area is 153 Å². The molecule has 1 aliphatic rings.